The number of alkyl halides is 3. The van der Waals surface area contributed by atoms with Gasteiger partial charge in [-0.25, -0.2) is 8.42 Å². The number of hydrogen-bond donors (Lipinski definition) is 2. The Balaban J connectivity index is 1.86. The summed E-state index contributed by atoms with van der Waals surface area (Å²) in [5.74, 6) is 0.207. The van der Waals surface area contributed by atoms with Crippen LogP contribution in [0.3, 0.4) is 0 Å². The average Bonchev–Trinajstić information content (AvgIpc) is 2.90. The van der Waals surface area contributed by atoms with E-state index < -0.39 is 26.8 Å². The van der Waals surface area contributed by atoms with Gasteiger partial charge in [-0.1, -0.05) is 5.16 Å². The summed E-state index contributed by atoms with van der Waals surface area (Å²) >= 11 is 0. The predicted molar refractivity (Wildman–Crippen MR) is 65.1 cm³/mol. The first-order valence-corrected chi connectivity index (χ1v) is 7.48. The zero-order chi connectivity index (χ0) is 15.3. The second-order valence-corrected chi connectivity index (χ2v) is 6.43. The van der Waals surface area contributed by atoms with Gasteiger partial charge in [0.2, 0.25) is 0 Å². The van der Waals surface area contributed by atoms with Crippen molar-refractivity contribution in [1.29, 1.82) is 0 Å². The fraction of sp³-hybridized carbons (Fsp3) is 0.364. The molecule has 0 aromatic carbocycles. The third-order valence-electron chi connectivity index (χ3n) is 3.12. The van der Waals surface area contributed by atoms with E-state index in [1.165, 1.54) is 6.26 Å². The molecule has 0 spiro atoms. The molecule has 2 heterocycles. The van der Waals surface area contributed by atoms with Gasteiger partial charge in [0, 0.05) is 11.8 Å². The van der Waals surface area contributed by atoms with Crippen LogP contribution in [0.1, 0.15) is 30.0 Å². The molecule has 2 aromatic rings. The summed E-state index contributed by atoms with van der Waals surface area (Å²) in [6.45, 7) is 0. The number of rotatable bonds is 4. The second-order valence-electron chi connectivity index (χ2n) is 4.75. The Hall–Kier alpha value is -1.97. The van der Waals surface area contributed by atoms with Crippen LogP contribution in [-0.2, 0) is 16.2 Å². The molecule has 0 unspecified atom stereocenters. The number of anilines is 1. The fourth-order valence-electron chi connectivity index (χ4n) is 1.89. The molecule has 0 aliphatic heterocycles. The highest BCUT2D eigenvalue weighted by atomic mass is 32.2. The van der Waals surface area contributed by atoms with E-state index in [4.69, 9.17) is 4.52 Å². The van der Waals surface area contributed by atoms with E-state index in [0.29, 0.717) is 11.6 Å². The van der Waals surface area contributed by atoms with Crippen molar-refractivity contribution in [2.45, 2.75) is 29.8 Å². The molecule has 0 radical (unpaired) electrons. The summed E-state index contributed by atoms with van der Waals surface area (Å²) in [6.07, 6.45) is -0.715. The van der Waals surface area contributed by atoms with Crippen LogP contribution in [0.15, 0.2) is 27.9 Å². The van der Waals surface area contributed by atoms with Crippen LogP contribution in [0.4, 0.5) is 19.0 Å². The largest absolute Gasteiger partial charge is 0.431 e. The van der Waals surface area contributed by atoms with Crippen molar-refractivity contribution in [3.8, 4) is 0 Å². The van der Waals surface area contributed by atoms with Gasteiger partial charge in [0.25, 0.3) is 10.0 Å². The van der Waals surface area contributed by atoms with E-state index in [1.54, 1.807) is 0 Å². The van der Waals surface area contributed by atoms with Crippen molar-refractivity contribution < 1.29 is 26.1 Å². The minimum Gasteiger partial charge on any atom is -0.362 e. The smallest absolute Gasteiger partial charge is 0.362 e. The lowest BCUT2D eigenvalue weighted by Crippen LogP contribution is -2.13. The van der Waals surface area contributed by atoms with Gasteiger partial charge in [0.1, 0.15) is 16.9 Å². The van der Waals surface area contributed by atoms with Crippen molar-refractivity contribution in [2.24, 2.45) is 0 Å². The van der Waals surface area contributed by atoms with Gasteiger partial charge < -0.3 is 9.51 Å². The lowest BCUT2D eigenvalue weighted by molar-refractivity contribution is -0.140. The Kier molecular flexibility index (Phi) is 3.01. The first-order valence-electron chi connectivity index (χ1n) is 6.00. The maximum absolute atomic E-state index is 12.5. The van der Waals surface area contributed by atoms with Gasteiger partial charge in [0.15, 0.2) is 5.82 Å². The maximum Gasteiger partial charge on any atom is 0.431 e. The number of halogens is 3. The van der Waals surface area contributed by atoms with Crippen LogP contribution in [-0.4, -0.2) is 18.6 Å². The van der Waals surface area contributed by atoms with Crippen LogP contribution in [0.5, 0.6) is 0 Å². The van der Waals surface area contributed by atoms with Crippen molar-refractivity contribution in [2.75, 3.05) is 4.72 Å². The first kappa shape index (κ1) is 14.0. The highest BCUT2D eigenvalue weighted by Gasteiger charge is 2.35. The Labute approximate surface area is 117 Å². The quantitative estimate of drug-likeness (QED) is 0.906. The topological polar surface area (TPSA) is 88.0 Å². The monoisotopic (exact) mass is 321 g/mol. The number of aromatic amines is 1. The molecule has 1 fully saturated rings. The van der Waals surface area contributed by atoms with Crippen LogP contribution >= 0.6 is 0 Å². The molecule has 0 saturated heterocycles. The van der Waals surface area contributed by atoms with Crippen molar-refractivity contribution >= 4 is 15.8 Å². The molecule has 2 N–H and O–H groups in total. The van der Waals surface area contributed by atoms with E-state index in [9.17, 15) is 21.6 Å². The molecular weight excluding hydrogens is 311 g/mol. The molecule has 0 atom stereocenters. The molecule has 1 saturated carbocycles. The summed E-state index contributed by atoms with van der Waals surface area (Å²) < 4.78 is 68.4. The molecule has 10 heteroatoms. The molecule has 21 heavy (non-hydrogen) atoms. The number of sulfonamides is 1. The van der Waals surface area contributed by atoms with Gasteiger partial charge >= 0.3 is 6.18 Å². The summed E-state index contributed by atoms with van der Waals surface area (Å²) in [5.41, 5.74) is -0.518. The minimum atomic E-state index is -4.64. The highest BCUT2D eigenvalue weighted by molar-refractivity contribution is 7.92. The summed E-state index contributed by atoms with van der Waals surface area (Å²) in [7, 11) is -4.15. The molecule has 2 aromatic heterocycles. The SMILES string of the molecule is O=S(=O)(Nc1nocc1C1CC1)c1c[nH]c(C(F)(F)F)c1. The summed E-state index contributed by atoms with van der Waals surface area (Å²) in [6, 6.07) is 0.527. The van der Waals surface area contributed by atoms with E-state index in [-0.39, 0.29) is 11.7 Å². The summed E-state index contributed by atoms with van der Waals surface area (Å²) in [5, 5.41) is 3.55. The van der Waals surface area contributed by atoms with Gasteiger partial charge in [-0.2, -0.15) is 13.2 Å². The molecule has 1 aliphatic rings. The molecule has 0 bridgehead atoms. The molecule has 0 amide bonds. The Morgan fingerprint density at radius 1 is 1.38 bits per heavy atom. The predicted octanol–water partition coefficient (Wildman–Crippen LogP) is 2.70. The molecular formula is C11H10F3N3O3S. The van der Waals surface area contributed by atoms with Gasteiger partial charge in [-0.15, -0.1) is 0 Å². The normalized spacial score (nSPS) is 16.1. The lowest BCUT2D eigenvalue weighted by Gasteiger charge is -2.04. The standard InChI is InChI=1S/C11H10F3N3O3S/c12-11(13,14)9-3-7(4-15-9)21(18,19)17-10-8(5-20-16-10)6-1-2-6/h3-6,15H,1-2H2,(H,16,17). The maximum atomic E-state index is 12.5. The lowest BCUT2D eigenvalue weighted by atomic mass is 10.2. The zero-order valence-electron chi connectivity index (χ0n) is 10.4. The number of H-pyrrole nitrogens is 1. The van der Waals surface area contributed by atoms with E-state index >= 15 is 0 Å². The third kappa shape index (κ3) is 2.75. The Morgan fingerprint density at radius 2 is 2.10 bits per heavy atom. The molecule has 3 rings (SSSR count). The van der Waals surface area contributed by atoms with Gasteiger partial charge in [-0.05, 0) is 24.8 Å². The first-order chi connectivity index (χ1) is 9.77. The van der Waals surface area contributed by atoms with E-state index in [2.05, 4.69) is 9.88 Å². The van der Waals surface area contributed by atoms with E-state index in [0.717, 1.165) is 19.0 Å². The van der Waals surface area contributed by atoms with Crippen LogP contribution in [0.2, 0.25) is 0 Å². The average molecular weight is 321 g/mol. The van der Waals surface area contributed by atoms with Crippen LogP contribution < -0.4 is 4.72 Å². The fourth-order valence-corrected chi connectivity index (χ4v) is 2.90. The molecule has 6 nitrogen and oxygen atoms in total. The second kappa shape index (κ2) is 4.52. The highest BCUT2D eigenvalue weighted by Crippen LogP contribution is 2.43. The third-order valence-corrected chi connectivity index (χ3v) is 4.44. The van der Waals surface area contributed by atoms with Gasteiger partial charge in [0.05, 0.1) is 0 Å². The van der Waals surface area contributed by atoms with Crippen molar-refractivity contribution in [1.82, 2.24) is 10.1 Å². The van der Waals surface area contributed by atoms with Crippen LogP contribution in [0, 0.1) is 0 Å². The van der Waals surface area contributed by atoms with E-state index in [1.807, 2.05) is 4.98 Å². The number of nitrogens with zero attached hydrogens (tertiary/aromatic N) is 1. The minimum absolute atomic E-state index is 0.0206. The molecule has 1 aliphatic carbocycles. The van der Waals surface area contributed by atoms with Crippen molar-refractivity contribution in [3.05, 3.63) is 29.8 Å². The Morgan fingerprint density at radius 3 is 2.67 bits per heavy atom. The zero-order valence-corrected chi connectivity index (χ0v) is 11.3. The summed E-state index contributed by atoms with van der Waals surface area (Å²) in [4.78, 5) is 1.38. The van der Waals surface area contributed by atoms with Crippen molar-refractivity contribution in [3.63, 3.8) is 0 Å². The van der Waals surface area contributed by atoms with Gasteiger partial charge in [-0.3, -0.25) is 4.72 Å². The Bertz CT molecular complexity index is 759. The molecule has 114 valence electrons. The number of nitrogens with one attached hydrogen (secondary N) is 2. The number of hydrogen-bond acceptors (Lipinski definition) is 4. The number of aromatic nitrogens is 2. The van der Waals surface area contributed by atoms with Crippen LogP contribution in [0.25, 0.3) is 0 Å².